The average molecular weight is 215 g/mol. The molecule has 0 aromatic rings. The van der Waals surface area contributed by atoms with Crippen molar-refractivity contribution in [1.82, 2.24) is 5.32 Å². The summed E-state index contributed by atoms with van der Waals surface area (Å²) in [5, 5.41) is 20.7. The van der Waals surface area contributed by atoms with E-state index in [0.29, 0.717) is 6.42 Å². The minimum atomic E-state index is -0.926. The fourth-order valence-corrected chi connectivity index (χ4v) is 1.27. The van der Waals surface area contributed by atoms with Gasteiger partial charge in [0.2, 0.25) is 5.91 Å². The van der Waals surface area contributed by atoms with Crippen molar-refractivity contribution in [1.29, 1.82) is 0 Å². The van der Waals surface area contributed by atoms with Gasteiger partial charge in [-0.15, -0.1) is 0 Å². The van der Waals surface area contributed by atoms with Gasteiger partial charge < -0.3 is 15.5 Å². The molecular weight excluding hydrogens is 198 g/mol. The highest BCUT2D eigenvalue weighted by molar-refractivity contribution is 5.89. The molecule has 1 amide bonds. The molecule has 15 heavy (non-hydrogen) atoms. The summed E-state index contributed by atoms with van der Waals surface area (Å²) in [4.78, 5) is 22.1. The number of hydrogen-bond acceptors (Lipinski definition) is 3. The number of aliphatic hydroxyl groups is 1. The molecule has 3 atom stereocenters. The van der Waals surface area contributed by atoms with Crippen LogP contribution in [0.2, 0.25) is 0 Å². The predicted octanol–water partition coefficient (Wildman–Crippen LogP) is -0.0173. The summed E-state index contributed by atoms with van der Waals surface area (Å²) in [5.41, 5.74) is -0.720. The van der Waals surface area contributed by atoms with Crippen molar-refractivity contribution < 1.29 is 19.8 Å². The van der Waals surface area contributed by atoms with Gasteiger partial charge in [-0.05, 0) is 27.2 Å². The van der Waals surface area contributed by atoms with Crippen LogP contribution in [0.15, 0.2) is 0 Å². The first-order valence-corrected chi connectivity index (χ1v) is 4.98. The SMILES string of the molecule is CC(O)C(C)(C)NC(=O)[C@@H]1C[C@@H]1C(=O)O. The molecule has 1 unspecified atom stereocenters. The molecule has 0 radical (unpaired) electrons. The fraction of sp³-hybridized carbons (Fsp3) is 0.800. The zero-order chi connectivity index (χ0) is 11.8. The molecule has 1 saturated carbocycles. The Hall–Kier alpha value is -1.10. The Labute approximate surface area is 88.5 Å². The lowest BCUT2D eigenvalue weighted by molar-refractivity contribution is -0.140. The highest BCUT2D eigenvalue weighted by atomic mass is 16.4. The molecular formula is C10H17NO4. The first-order chi connectivity index (χ1) is 6.75. The van der Waals surface area contributed by atoms with Crippen molar-refractivity contribution in [3.63, 3.8) is 0 Å². The van der Waals surface area contributed by atoms with Crippen LogP contribution in [0.5, 0.6) is 0 Å². The number of carboxylic acid groups (broad SMARTS) is 1. The number of aliphatic carboxylic acids is 1. The van der Waals surface area contributed by atoms with Crippen LogP contribution in [0.25, 0.3) is 0 Å². The minimum absolute atomic E-state index is 0.284. The third-order valence-electron chi connectivity index (χ3n) is 2.93. The molecule has 5 heteroatoms. The van der Waals surface area contributed by atoms with Gasteiger partial charge in [-0.3, -0.25) is 9.59 Å². The van der Waals surface area contributed by atoms with Gasteiger partial charge in [0.05, 0.1) is 23.5 Å². The van der Waals surface area contributed by atoms with E-state index in [1.807, 2.05) is 0 Å². The molecule has 1 aliphatic carbocycles. The van der Waals surface area contributed by atoms with Gasteiger partial charge in [-0.2, -0.15) is 0 Å². The van der Waals surface area contributed by atoms with Gasteiger partial charge in [-0.1, -0.05) is 0 Å². The van der Waals surface area contributed by atoms with Crippen LogP contribution in [-0.4, -0.2) is 33.7 Å². The summed E-state index contributed by atoms with van der Waals surface area (Å²) in [6.45, 7) is 4.99. The summed E-state index contributed by atoms with van der Waals surface area (Å²) >= 11 is 0. The van der Waals surface area contributed by atoms with Crippen LogP contribution >= 0.6 is 0 Å². The Morgan fingerprint density at radius 3 is 2.27 bits per heavy atom. The van der Waals surface area contributed by atoms with E-state index in [1.54, 1.807) is 20.8 Å². The third-order valence-corrected chi connectivity index (χ3v) is 2.93. The number of carbonyl (C=O) groups excluding carboxylic acids is 1. The van der Waals surface area contributed by atoms with Crippen LogP contribution in [0, 0.1) is 11.8 Å². The van der Waals surface area contributed by atoms with Crippen LogP contribution in [0.3, 0.4) is 0 Å². The quantitative estimate of drug-likeness (QED) is 0.615. The van der Waals surface area contributed by atoms with Gasteiger partial charge in [0.15, 0.2) is 0 Å². The molecule has 86 valence electrons. The van der Waals surface area contributed by atoms with Crippen molar-refractivity contribution in [3.05, 3.63) is 0 Å². The summed E-state index contributed by atoms with van der Waals surface area (Å²) in [6, 6.07) is 0. The maximum absolute atomic E-state index is 11.6. The lowest BCUT2D eigenvalue weighted by atomic mass is 9.98. The fourth-order valence-electron chi connectivity index (χ4n) is 1.27. The largest absolute Gasteiger partial charge is 0.481 e. The molecule has 0 aromatic heterocycles. The van der Waals surface area contributed by atoms with E-state index in [2.05, 4.69) is 5.32 Å². The Morgan fingerprint density at radius 1 is 1.40 bits per heavy atom. The van der Waals surface area contributed by atoms with Crippen LogP contribution in [-0.2, 0) is 9.59 Å². The van der Waals surface area contributed by atoms with Crippen molar-refractivity contribution in [2.45, 2.75) is 38.8 Å². The molecule has 0 heterocycles. The van der Waals surface area contributed by atoms with E-state index in [-0.39, 0.29) is 5.91 Å². The zero-order valence-corrected chi connectivity index (χ0v) is 9.15. The van der Waals surface area contributed by atoms with Crippen molar-refractivity contribution in [2.75, 3.05) is 0 Å². The summed E-state index contributed by atoms with van der Waals surface area (Å²) in [7, 11) is 0. The number of amides is 1. The van der Waals surface area contributed by atoms with Crippen molar-refractivity contribution in [2.24, 2.45) is 11.8 Å². The average Bonchev–Trinajstić information content (AvgIpc) is 2.80. The Bertz CT molecular complexity index is 285. The summed E-state index contributed by atoms with van der Waals surface area (Å²) in [6.07, 6.45) is -0.277. The molecule has 1 aliphatic rings. The second-order valence-electron chi connectivity index (χ2n) is 4.67. The Kier molecular flexibility index (Phi) is 3.04. The molecule has 1 fully saturated rings. The van der Waals surface area contributed by atoms with E-state index < -0.39 is 29.4 Å². The lowest BCUT2D eigenvalue weighted by Crippen LogP contribution is -2.51. The Balaban J connectivity index is 2.48. The summed E-state index contributed by atoms with van der Waals surface area (Å²) < 4.78 is 0. The minimum Gasteiger partial charge on any atom is -0.481 e. The van der Waals surface area contributed by atoms with E-state index >= 15 is 0 Å². The second kappa shape index (κ2) is 3.81. The van der Waals surface area contributed by atoms with E-state index in [0.717, 1.165) is 0 Å². The van der Waals surface area contributed by atoms with E-state index in [9.17, 15) is 14.7 Å². The molecule has 3 N–H and O–H groups in total. The van der Waals surface area contributed by atoms with Crippen LogP contribution in [0.4, 0.5) is 0 Å². The van der Waals surface area contributed by atoms with Gasteiger partial charge in [0.25, 0.3) is 0 Å². The maximum atomic E-state index is 11.6. The molecule has 0 aliphatic heterocycles. The molecule has 5 nitrogen and oxygen atoms in total. The molecule has 0 bridgehead atoms. The summed E-state index contributed by atoms with van der Waals surface area (Å²) in [5.74, 6) is -2.19. The number of carbonyl (C=O) groups is 2. The molecule has 0 spiro atoms. The van der Waals surface area contributed by atoms with Gasteiger partial charge in [-0.25, -0.2) is 0 Å². The molecule has 0 aromatic carbocycles. The zero-order valence-electron chi connectivity index (χ0n) is 9.15. The number of rotatable bonds is 4. The predicted molar refractivity (Wildman–Crippen MR) is 53.1 cm³/mol. The van der Waals surface area contributed by atoms with Gasteiger partial charge >= 0.3 is 5.97 Å². The maximum Gasteiger partial charge on any atom is 0.307 e. The van der Waals surface area contributed by atoms with Crippen LogP contribution < -0.4 is 5.32 Å². The smallest absolute Gasteiger partial charge is 0.307 e. The van der Waals surface area contributed by atoms with Crippen molar-refractivity contribution in [3.8, 4) is 0 Å². The highest BCUT2D eigenvalue weighted by Crippen LogP contribution is 2.39. The topological polar surface area (TPSA) is 86.6 Å². The first-order valence-electron chi connectivity index (χ1n) is 4.98. The van der Waals surface area contributed by atoms with Crippen molar-refractivity contribution >= 4 is 11.9 Å². The number of nitrogens with one attached hydrogen (secondary N) is 1. The molecule has 1 rings (SSSR count). The lowest BCUT2D eigenvalue weighted by Gasteiger charge is -2.29. The van der Waals surface area contributed by atoms with Crippen LogP contribution in [0.1, 0.15) is 27.2 Å². The normalized spacial score (nSPS) is 26.9. The first kappa shape index (κ1) is 12.0. The van der Waals surface area contributed by atoms with E-state index in [1.165, 1.54) is 0 Å². The molecule has 0 saturated heterocycles. The number of carboxylic acids is 1. The number of hydrogen-bond donors (Lipinski definition) is 3. The monoisotopic (exact) mass is 215 g/mol. The van der Waals surface area contributed by atoms with E-state index in [4.69, 9.17) is 5.11 Å². The third kappa shape index (κ3) is 2.68. The van der Waals surface area contributed by atoms with Gasteiger partial charge in [0, 0.05) is 0 Å². The highest BCUT2D eigenvalue weighted by Gasteiger charge is 2.49. The van der Waals surface area contributed by atoms with Gasteiger partial charge in [0.1, 0.15) is 0 Å². The standard InChI is InChI=1S/C10H17NO4/c1-5(12)10(2,3)11-8(13)6-4-7(6)9(14)15/h5-7,12H,4H2,1-3H3,(H,11,13)(H,14,15)/t5?,6-,7+/m1/s1. The second-order valence-corrected chi connectivity index (χ2v) is 4.67. The Morgan fingerprint density at radius 2 is 1.93 bits per heavy atom. The number of aliphatic hydroxyl groups excluding tert-OH is 1.